The average molecular weight is 450 g/mol. The molecule has 1 heterocycles. The first kappa shape index (κ1) is 21.5. The monoisotopic (exact) mass is 450 g/mol. The SMILES string of the molecule is CCC1(CNC(=NC)NC2CCN(C(=O)C(C)C)C2)CCCC1.I. The van der Waals surface area contributed by atoms with Crippen molar-refractivity contribution in [1.82, 2.24) is 15.5 Å². The largest absolute Gasteiger partial charge is 0.356 e. The number of guanidine groups is 1. The van der Waals surface area contributed by atoms with E-state index in [9.17, 15) is 4.79 Å². The van der Waals surface area contributed by atoms with Gasteiger partial charge < -0.3 is 15.5 Å². The van der Waals surface area contributed by atoms with Gasteiger partial charge in [-0.2, -0.15) is 0 Å². The Morgan fingerprint density at radius 3 is 2.54 bits per heavy atom. The molecule has 1 aliphatic carbocycles. The summed E-state index contributed by atoms with van der Waals surface area (Å²) in [7, 11) is 1.83. The summed E-state index contributed by atoms with van der Waals surface area (Å²) in [6, 6.07) is 0.310. The minimum absolute atomic E-state index is 0. The molecule has 140 valence electrons. The molecule has 0 aromatic carbocycles. The molecule has 0 aromatic rings. The number of carbonyl (C=O) groups excluding carboxylic acids is 1. The molecule has 24 heavy (non-hydrogen) atoms. The molecule has 2 N–H and O–H groups in total. The number of nitrogens with one attached hydrogen (secondary N) is 2. The predicted octanol–water partition coefficient (Wildman–Crippen LogP) is 3.00. The molecule has 0 spiro atoms. The number of hydrogen-bond acceptors (Lipinski definition) is 2. The van der Waals surface area contributed by atoms with Crippen molar-refractivity contribution < 1.29 is 4.79 Å². The van der Waals surface area contributed by atoms with Gasteiger partial charge in [-0.25, -0.2) is 0 Å². The van der Waals surface area contributed by atoms with Crippen LogP contribution in [0.3, 0.4) is 0 Å². The van der Waals surface area contributed by atoms with Crippen LogP contribution in [0.1, 0.15) is 59.3 Å². The minimum atomic E-state index is 0. The summed E-state index contributed by atoms with van der Waals surface area (Å²) in [4.78, 5) is 18.4. The summed E-state index contributed by atoms with van der Waals surface area (Å²) in [6.07, 6.45) is 7.60. The summed E-state index contributed by atoms with van der Waals surface area (Å²) in [5, 5.41) is 7.03. The maximum absolute atomic E-state index is 12.1. The standard InChI is InChI=1S/C18H34N4O.HI/c1-5-18(9-6-7-10-18)13-20-17(19-4)21-15-8-11-22(12-15)16(23)14(2)3;/h14-15H,5-13H2,1-4H3,(H2,19,20,21);1H. The minimum Gasteiger partial charge on any atom is -0.356 e. The first-order chi connectivity index (χ1) is 11.0. The lowest BCUT2D eigenvalue weighted by molar-refractivity contribution is -0.133. The number of nitrogens with zero attached hydrogens (tertiary/aromatic N) is 2. The molecule has 1 saturated carbocycles. The Morgan fingerprint density at radius 2 is 2.00 bits per heavy atom. The van der Waals surface area contributed by atoms with Gasteiger partial charge in [0, 0.05) is 38.6 Å². The second-order valence-corrected chi connectivity index (χ2v) is 7.56. The van der Waals surface area contributed by atoms with Gasteiger partial charge in [-0.05, 0) is 31.1 Å². The van der Waals surface area contributed by atoms with Crippen LogP contribution in [0.5, 0.6) is 0 Å². The highest BCUT2D eigenvalue weighted by atomic mass is 127. The molecule has 1 unspecified atom stereocenters. The fraction of sp³-hybridized carbons (Fsp3) is 0.889. The first-order valence-corrected chi connectivity index (χ1v) is 9.25. The molecular weight excluding hydrogens is 415 g/mol. The molecule has 0 bridgehead atoms. The summed E-state index contributed by atoms with van der Waals surface area (Å²) < 4.78 is 0. The third-order valence-corrected chi connectivity index (χ3v) is 5.60. The van der Waals surface area contributed by atoms with E-state index in [2.05, 4.69) is 22.5 Å². The zero-order chi connectivity index (χ0) is 16.9. The zero-order valence-corrected chi connectivity index (χ0v) is 18.1. The molecule has 6 heteroatoms. The van der Waals surface area contributed by atoms with E-state index in [1.165, 1.54) is 32.1 Å². The van der Waals surface area contributed by atoms with E-state index in [1.807, 2.05) is 25.8 Å². The van der Waals surface area contributed by atoms with Gasteiger partial charge in [0.05, 0.1) is 0 Å². The van der Waals surface area contributed by atoms with Crippen molar-refractivity contribution in [3.05, 3.63) is 0 Å². The van der Waals surface area contributed by atoms with E-state index in [0.29, 0.717) is 11.5 Å². The molecule has 2 aliphatic rings. The van der Waals surface area contributed by atoms with E-state index >= 15 is 0 Å². The highest BCUT2D eigenvalue weighted by Crippen LogP contribution is 2.40. The molecule has 1 saturated heterocycles. The maximum Gasteiger partial charge on any atom is 0.225 e. The normalized spacial score (nSPS) is 23.3. The van der Waals surface area contributed by atoms with Gasteiger partial charge >= 0.3 is 0 Å². The summed E-state index contributed by atoms with van der Waals surface area (Å²) in [6.45, 7) is 8.88. The van der Waals surface area contributed by atoms with Crippen LogP contribution in [-0.2, 0) is 4.79 Å². The smallest absolute Gasteiger partial charge is 0.225 e. The second kappa shape index (κ2) is 9.82. The fourth-order valence-corrected chi connectivity index (χ4v) is 3.88. The van der Waals surface area contributed by atoms with Crippen molar-refractivity contribution >= 4 is 35.8 Å². The molecule has 0 radical (unpaired) electrons. The molecule has 0 aromatic heterocycles. The van der Waals surface area contributed by atoms with Crippen molar-refractivity contribution in [1.29, 1.82) is 0 Å². The van der Waals surface area contributed by atoms with Crippen LogP contribution < -0.4 is 10.6 Å². The van der Waals surface area contributed by atoms with E-state index in [-0.39, 0.29) is 35.8 Å². The molecule has 1 atom stereocenters. The number of amides is 1. The second-order valence-electron chi connectivity index (χ2n) is 7.56. The van der Waals surface area contributed by atoms with Gasteiger partial charge in [-0.15, -0.1) is 24.0 Å². The number of hydrogen-bond donors (Lipinski definition) is 2. The van der Waals surface area contributed by atoms with Crippen LogP contribution in [0, 0.1) is 11.3 Å². The van der Waals surface area contributed by atoms with Gasteiger partial charge in [0.25, 0.3) is 0 Å². The van der Waals surface area contributed by atoms with Gasteiger partial charge in [0.15, 0.2) is 5.96 Å². The van der Waals surface area contributed by atoms with Crippen LogP contribution in [0.25, 0.3) is 0 Å². The Kier molecular flexibility index (Phi) is 8.81. The van der Waals surface area contributed by atoms with Crippen molar-refractivity contribution in [3.63, 3.8) is 0 Å². The Labute approximate surface area is 164 Å². The Morgan fingerprint density at radius 1 is 1.33 bits per heavy atom. The lowest BCUT2D eigenvalue weighted by atomic mass is 9.83. The van der Waals surface area contributed by atoms with E-state index in [1.54, 1.807) is 0 Å². The van der Waals surface area contributed by atoms with Crippen molar-refractivity contribution in [2.75, 3.05) is 26.7 Å². The maximum atomic E-state index is 12.1. The van der Waals surface area contributed by atoms with Crippen LogP contribution >= 0.6 is 24.0 Å². The van der Waals surface area contributed by atoms with E-state index in [4.69, 9.17) is 0 Å². The molecule has 1 aliphatic heterocycles. The van der Waals surface area contributed by atoms with Gasteiger partial charge in [0.2, 0.25) is 5.91 Å². The van der Waals surface area contributed by atoms with Gasteiger partial charge in [0.1, 0.15) is 0 Å². The highest BCUT2D eigenvalue weighted by Gasteiger charge is 2.32. The van der Waals surface area contributed by atoms with Gasteiger partial charge in [-0.1, -0.05) is 33.6 Å². The molecule has 2 rings (SSSR count). The summed E-state index contributed by atoms with van der Waals surface area (Å²) in [5.74, 6) is 1.22. The topological polar surface area (TPSA) is 56.7 Å². The number of carbonyl (C=O) groups is 1. The highest BCUT2D eigenvalue weighted by molar-refractivity contribution is 14.0. The van der Waals surface area contributed by atoms with E-state index in [0.717, 1.165) is 32.0 Å². The number of halogens is 1. The van der Waals surface area contributed by atoms with Crippen molar-refractivity contribution in [3.8, 4) is 0 Å². The molecule has 1 amide bonds. The quantitative estimate of drug-likeness (QED) is 0.385. The van der Waals surface area contributed by atoms with Crippen LogP contribution in [0.2, 0.25) is 0 Å². The lowest BCUT2D eigenvalue weighted by Crippen LogP contribution is -2.48. The van der Waals surface area contributed by atoms with Crippen LogP contribution in [-0.4, -0.2) is 49.5 Å². The number of aliphatic imine (C=N–C) groups is 1. The predicted molar refractivity (Wildman–Crippen MR) is 111 cm³/mol. The third kappa shape index (κ3) is 5.49. The fourth-order valence-electron chi connectivity index (χ4n) is 3.88. The Hall–Kier alpha value is -0.530. The Balaban J connectivity index is 0.00000288. The Bertz CT molecular complexity index is 433. The van der Waals surface area contributed by atoms with Crippen LogP contribution in [0.4, 0.5) is 0 Å². The lowest BCUT2D eigenvalue weighted by Gasteiger charge is -2.29. The van der Waals surface area contributed by atoms with Crippen molar-refractivity contribution in [2.45, 2.75) is 65.3 Å². The molecule has 2 fully saturated rings. The zero-order valence-electron chi connectivity index (χ0n) is 15.7. The van der Waals surface area contributed by atoms with E-state index < -0.39 is 0 Å². The average Bonchev–Trinajstić information content (AvgIpc) is 3.20. The molecule has 5 nitrogen and oxygen atoms in total. The van der Waals surface area contributed by atoms with Crippen molar-refractivity contribution in [2.24, 2.45) is 16.3 Å². The summed E-state index contributed by atoms with van der Waals surface area (Å²) in [5.41, 5.74) is 0.451. The third-order valence-electron chi connectivity index (χ3n) is 5.60. The van der Waals surface area contributed by atoms with Gasteiger partial charge in [-0.3, -0.25) is 9.79 Å². The van der Waals surface area contributed by atoms with Crippen LogP contribution in [0.15, 0.2) is 4.99 Å². The first-order valence-electron chi connectivity index (χ1n) is 9.25. The number of likely N-dealkylation sites (tertiary alicyclic amines) is 1. The molecular formula is C18H35IN4O. The summed E-state index contributed by atoms with van der Waals surface area (Å²) >= 11 is 0. The number of rotatable bonds is 5.